The second-order valence-electron chi connectivity index (χ2n) is 5.47. The number of benzene rings is 1. The van der Waals surface area contributed by atoms with E-state index in [2.05, 4.69) is 15.5 Å². The normalized spacial score (nSPS) is 10.8. The van der Waals surface area contributed by atoms with Gasteiger partial charge in [-0.3, -0.25) is 0 Å². The third kappa shape index (κ3) is 3.87. The Morgan fingerprint density at radius 3 is 2.85 bits per heavy atom. The Morgan fingerprint density at radius 1 is 1.38 bits per heavy atom. The van der Waals surface area contributed by atoms with Crippen molar-refractivity contribution < 1.29 is 19.2 Å². The summed E-state index contributed by atoms with van der Waals surface area (Å²) in [5, 5.41) is 17.0. The molecule has 0 unspecified atom stereocenters. The molecular weight excluding hydrogens is 360 g/mol. The lowest BCUT2D eigenvalue weighted by Crippen LogP contribution is -2.11. The summed E-state index contributed by atoms with van der Waals surface area (Å²) in [6, 6.07) is 6.68. The van der Waals surface area contributed by atoms with Crippen molar-refractivity contribution in [1.82, 2.24) is 14.7 Å². The van der Waals surface area contributed by atoms with E-state index in [4.69, 9.17) is 20.9 Å². The number of anilines is 1. The third-order valence-electron chi connectivity index (χ3n) is 3.78. The van der Waals surface area contributed by atoms with Crippen LogP contribution in [0.3, 0.4) is 0 Å². The maximum absolute atomic E-state index is 11.7. The fourth-order valence-electron chi connectivity index (χ4n) is 2.47. The number of hydrogen-bond acceptors (Lipinski definition) is 6. The van der Waals surface area contributed by atoms with Crippen LogP contribution in [-0.4, -0.2) is 39.5 Å². The van der Waals surface area contributed by atoms with E-state index in [1.165, 1.54) is 0 Å². The Labute approximate surface area is 154 Å². The van der Waals surface area contributed by atoms with Crippen LogP contribution in [0.1, 0.15) is 16.1 Å². The summed E-state index contributed by atoms with van der Waals surface area (Å²) >= 11 is 5.87. The zero-order valence-electron chi connectivity index (χ0n) is 14.0. The van der Waals surface area contributed by atoms with Gasteiger partial charge in [-0.15, -0.1) is 0 Å². The van der Waals surface area contributed by atoms with Crippen molar-refractivity contribution in [2.24, 2.45) is 0 Å². The molecule has 3 aromatic rings. The third-order valence-corrected chi connectivity index (χ3v) is 4.04. The molecule has 0 aliphatic rings. The van der Waals surface area contributed by atoms with Gasteiger partial charge in [0.15, 0.2) is 17.1 Å². The van der Waals surface area contributed by atoms with Gasteiger partial charge in [0, 0.05) is 30.4 Å². The highest BCUT2D eigenvalue weighted by Gasteiger charge is 2.24. The molecule has 0 saturated heterocycles. The number of aromatic carboxylic acids is 1. The van der Waals surface area contributed by atoms with Crippen LogP contribution in [0.5, 0.6) is 0 Å². The van der Waals surface area contributed by atoms with Crippen LogP contribution in [0.15, 0.2) is 41.3 Å². The summed E-state index contributed by atoms with van der Waals surface area (Å²) < 4.78 is 12.2. The van der Waals surface area contributed by atoms with E-state index in [0.29, 0.717) is 30.3 Å². The molecule has 2 N–H and O–H groups in total. The largest absolute Gasteiger partial charge is 0.477 e. The Balaban J connectivity index is 1.82. The number of carbonyl (C=O) groups is 1. The summed E-state index contributed by atoms with van der Waals surface area (Å²) in [5.74, 6) is -0.807. The monoisotopic (exact) mass is 376 g/mol. The van der Waals surface area contributed by atoms with E-state index >= 15 is 0 Å². The number of nitrogens with one attached hydrogen (secondary N) is 1. The first-order valence-corrected chi connectivity index (χ1v) is 8.18. The molecule has 0 radical (unpaired) electrons. The van der Waals surface area contributed by atoms with E-state index in [1.54, 1.807) is 43.9 Å². The Morgan fingerprint density at radius 2 is 2.15 bits per heavy atom. The van der Waals surface area contributed by atoms with Crippen LogP contribution >= 0.6 is 11.6 Å². The molecular formula is C17H17ClN4O4. The Kier molecular flexibility index (Phi) is 5.55. The second-order valence-corrected chi connectivity index (χ2v) is 5.91. The van der Waals surface area contributed by atoms with E-state index in [1.807, 2.05) is 4.57 Å². The molecule has 0 saturated carbocycles. The number of imidazole rings is 1. The van der Waals surface area contributed by atoms with Gasteiger partial charge in [-0.1, -0.05) is 16.8 Å². The van der Waals surface area contributed by atoms with Gasteiger partial charge in [-0.05, 0) is 24.3 Å². The summed E-state index contributed by atoms with van der Waals surface area (Å²) in [4.78, 5) is 15.8. The average Bonchev–Trinajstić information content (AvgIpc) is 3.25. The molecule has 0 spiro atoms. The molecule has 0 aliphatic carbocycles. The van der Waals surface area contributed by atoms with Crippen LogP contribution in [0.2, 0.25) is 5.02 Å². The van der Waals surface area contributed by atoms with Crippen molar-refractivity contribution in [2.45, 2.75) is 13.1 Å². The number of hydrogen-bond donors (Lipinski definition) is 2. The molecule has 0 aliphatic heterocycles. The van der Waals surface area contributed by atoms with Gasteiger partial charge in [-0.2, -0.15) is 0 Å². The number of nitrogens with zero attached hydrogens (tertiary/aromatic N) is 3. The minimum absolute atomic E-state index is 0.0321. The van der Waals surface area contributed by atoms with Gasteiger partial charge in [-0.25, -0.2) is 9.78 Å². The number of carboxylic acid groups (broad SMARTS) is 1. The number of halogens is 1. The molecule has 0 fully saturated rings. The summed E-state index contributed by atoms with van der Waals surface area (Å²) in [5.41, 5.74) is 1.42. The summed E-state index contributed by atoms with van der Waals surface area (Å²) in [7, 11) is 1.63. The van der Waals surface area contributed by atoms with Gasteiger partial charge in [0.05, 0.1) is 25.2 Å². The fourth-order valence-corrected chi connectivity index (χ4v) is 2.59. The van der Waals surface area contributed by atoms with Crippen molar-refractivity contribution in [3.8, 4) is 11.3 Å². The lowest BCUT2D eigenvalue weighted by Gasteiger charge is -2.08. The Hall–Kier alpha value is -2.84. The second kappa shape index (κ2) is 8.03. The molecule has 9 heteroatoms. The number of ether oxygens (including phenoxy) is 1. The van der Waals surface area contributed by atoms with Crippen molar-refractivity contribution in [3.63, 3.8) is 0 Å². The van der Waals surface area contributed by atoms with Gasteiger partial charge >= 0.3 is 5.97 Å². The van der Waals surface area contributed by atoms with Crippen LogP contribution in [0.4, 0.5) is 5.82 Å². The molecule has 2 aromatic heterocycles. The van der Waals surface area contributed by atoms with Gasteiger partial charge < -0.3 is 24.3 Å². The van der Waals surface area contributed by atoms with Crippen molar-refractivity contribution >= 4 is 23.4 Å². The number of methoxy groups -OCH3 is 1. The van der Waals surface area contributed by atoms with Gasteiger partial charge in [0.25, 0.3) is 0 Å². The lowest BCUT2D eigenvalue weighted by atomic mass is 10.1. The Bertz CT molecular complexity index is 889. The number of carboxylic acids is 1. The van der Waals surface area contributed by atoms with Crippen molar-refractivity contribution in [3.05, 3.63) is 53.1 Å². The van der Waals surface area contributed by atoms with Crippen LogP contribution in [0, 0.1) is 0 Å². The first-order chi connectivity index (χ1) is 12.6. The molecule has 0 amide bonds. The molecule has 0 atom stereocenters. The molecule has 1 aromatic carbocycles. The van der Waals surface area contributed by atoms with Crippen LogP contribution < -0.4 is 5.32 Å². The average molecular weight is 377 g/mol. The molecule has 2 heterocycles. The predicted molar refractivity (Wildman–Crippen MR) is 95.3 cm³/mol. The maximum atomic E-state index is 11.7. The number of rotatable bonds is 8. The minimum atomic E-state index is -1.13. The van der Waals surface area contributed by atoms with Crippen LogP contribution in [0.25, 0.3) is 11.3 Å². The van der Waals surface area contributed by atoms with E-state index in [9.17, 15) is 9.90 Å². The highest BCUT2D eigenvalue weighted by molar-refractivity contribution is 6.30. The summed E-state index contributed by atoms with van der Waals surface area (Å²) in [6.07, 6.45) is 3.39. The first kappa shape index (κ1) is 18.0. The number of aromatic nitrogens is 3. The lowest BCUT2D eigenvalue weighted by molar-refractivity contribution is 0.0698. The van der Waals surface area contributed by atoms with Gasteiger partial charge in [0.2, 0.25) is 0 Å². The van der Waals surface area contributed by atoms with Crippen LogP contribution in [-0.2, 0) is 17.8 Å². The summed E-state index contributed by atoms with van der Waals surface area (Å²) in [6.45, 7) is 1.54. The predicted octanol–water partition coefficient (Wildman–Crippen LogP) is 3.15. The molecule has 0 bridgehead atoms. The van der Waals surface area contributed by atoms with E-state index in [-0.39, 0.29) is 17.1 Å². The molecule has 3 rings (SSSR count). The SMILES string of the molecule is COCCn1cncc1CNc1noc(-c2ccc(Cl)cc2)c1C(=O)O. The highest BCUT2D eigenvalue weighted by Crippen LogP contribution is 2.30. The molecule has 26 heavy (non-hydrogen) atoms. The standard InChI is InChI=1S/C17H17ClN4O4/c1-25-7-6-22-10-19-8-13(22)9-20-16-14(17(23)24)15(26-21-16)11-2-4-12(18)5-3-11/h2-5,8,10H,6-7,9H2,1H3,(H,20,21)(H,23,24). The molecule has 8 nitrogen and oxygen atoms in total. The zero-order chi connectivity index (χ0) is 18.5. The zero-order valence-corrected chi connectivity index (χ0v) is 14.7. The first-order valence-electron chi connectivity index (χ1n) is 7.81. The topological polar surface area (TPSA) is 102 Å². The van der Waals surface area contributed by atoms with Gasteiger partial charge in [0.1, 0.15) is 0 Å². The fraction of sp³-hybridized carbons (Fsp3) is 0.235. The highest BCUT2D eigenvalue weighted by atomic mass is 35.5. The van der Waals surface area contributed by atoms with E-state index < -0.39 is 5.97 Å². The maximum Gasteiger partial charge on any atom is 0.343 e. The van der Waals surface area contributed by atoms with E-state index in [0.717, 1.165) is 5.69 Å². The van der Waals surface area contributed by atoms with Crippen molar-refractivity contribution in [1.29, 1.82) is 0 Å². The smallest absolute Gasteiger partial charge is 0.343 e. The minimum Gasteiger partial charge on any atom is -0.477 e. The molecule has 136 valence electrons. The van der Waals surface area contributed by atoms with Crippen molar-refractivity contribution in [2.75, 3.05) is 19.0 Å². The quantitative estimate of drug-likeness (QED) is 0.622.